The molecule has 1 saturated carbocycles. The lowest BCUT2D eigenvalue weighted by Gasteiger charge is -2.62. The highest BCUT2D eigenvalue weighted by Crippen LogP contribution is 2.57. The smallest absolute Gasteiger partial charge is 0.229 e. The van der Waals surface area contributed by atoms with E-state index in [1.165, 1.54) is 32.1 Å². The number of halogens is 1. The van der Waals surface area contributed by atoms with Gasteiger partial charge in [-0.1, -0.05) is 77.3 Å². The fraction of sp³-hybridized carbons (Fsp3) is 0.815. The maximum atomic E-state index is 13.0. The minimum atomic E-state index is -0.291. The number of aromatic amines is 1. The molecule has 1 saturated heterocycles. The molecule has 196 valence electrons. The van der Waals surface area contributed by atoms with Crippen LogP contribution in [0, 0.1) is 12.3 Å². The number of fused-ring (bicyclic) bond motifs is 1. The quantitative estimate of drug-likeness (QED) is 0.241. The molecule has 0 aromatic carbocycles. The minimum absolute atomic E-state index is 0.0293. The summed E-state index contributed by atoms with van der Waals surface area (Å²) in [6, 6.07) is 0. The van der Waals surface area contributed by atoms with E-state index in [1.807, 2.05) is 6.92 Å². The van der Waals surface area contributed by atoms with Gasteiger partial charge in [0.15, 0.2) is 11.5 Å². The Labute approximate surface area is 215 Å². The van der Waals surface area contributed by atoms with E-state index in [9.17, 15) is 4.79 Å². The van der Waals surface area contributed by atoms with Crippen molar-refractivity contribution in [3.8, 4) is 0 Å². The lowest BCUT2D eigenvalue weighted by atomic mass is 9.51. The molecule has 2 aromatic heterocycles. The molecule has 1 aliphatic heterocycles. The topological polar surface area (TPSA) is 84.3 Å². The van der Waals surface area contributed by atoms with Crippen LogP contribution >= 0.6 is 11.6 Å². The van der Waals surface area contributed by atoms with Crippen LogP contribution in [-0.2, 0) is 9.53 Å². The van der Waals surface area contributed by atoms with Gasteiger partial charge in [0.1, 0.15) is 5.02 Å². The van der Waals surface area contributed by atoms with Crippen LogP contribution in [-0.4, -0.2) is 44.0 Å². The second-order valence-corrected chi connectivity index (χ2v) is 11.2. The molecule has 1 aliphatic carbocycles. The molecular formula is C27H44ClN5O2. The van der Waals surface area contributed by atoms with Crippen LogP contribution in [0.15, 0.2) is 0 Å². The molecule has 2 aromatic rings. The number of carbonyl (C=O) groups is 1. The van der Waals surface area contributed by atoms with Gasteiger partial charge in [-0.2, -0.15) is 4.63 Å². The van der Waals surface area contributed by atoms with Crippen molar-refractivity contribution < 1.29 is 9.53 Å². The second-order valence-electron chi connectivity index (χ2n) is 10.9. The molecule has 2 N–H and O–H groups in total. The van der Waals surface area contributed by atoms with Gasteiger partial charge in [0.05, 0.1) is 22.8 Å². The van der Waals surface area contributed by atoms with Crippen molar-refractivity contribution in [1.82, 2.24) is 25.1 Å². The average Bonchev–Trinajstić information content (AvgIpc) is 3.38. The normalized spacial score (nSPS) is 28.5. The molecule has 0 bridgehead atoms. The standard InChI is InChI=1S/C27H44ClN5O2/c1-5-8-10-11-12-13-17-35-21-14-16-27(26(7-3,15-9-6-2)25(34)30-27)18-20(21)23-29-24-22(28)19(4)31-33(24)32-23/h20-21,31H,5-18H2,1-4H3,(H,30,34). The fourth-order valence-corrected chi connectivity index (χ4v) is 6.68. The van der Waals surface area contributed by atoms with E-state index < -0.39 is 0 Å². The van der Waals surface area contributed by atoms with Crippen LogP contribution in [0.25, 0.3) is 5.65 Å². The number of aryl methyl sites for hydroxylation is 1. The van der Waals surface area contributed by atoms with Crippen LogP contribution in [0.5, 0.6) is 0 Å². The van der Waals surface area contributed by atoms with Gasteiger partial charge in [-0.15, -0.1) is 5.10 Å². The number of carbonyl (C=O) groups excluding carboxylic acids is 1. The van der Waals surface area contributed by atoms with Crippen molar-refractivity contribution in [2.45, 2.75) is 129 Å². The Kier molecular flexibility index (Phi) is 8.47. The third-order valence-corrected chi connectivity index (χ3v) is 9.17. The molecule has 35 heavy (non-hydrogen) atoms. The Hall–Kier alpha value is -1.60. The number of H-pyrrole nitrogens is 1. The molecule has 3 heterocycles. The number of β-lactam (4-membered cyclic amide) rings is 1. The highest BCUT2D eigenvalue weighted by molar-refractivity contribution is 6.34. The number of hydrogen-bond donors (Lipinski definition) is 2. The average molecular weight is 506 g/mol. The van der Waals surface area contributed by atoms with Crippen LogP contribution < -0.4 is 5.32 Å². The van der Waals surface area contributed by atoms with Gasteiger partial charge in [0.25, 0.3) is 0 Å². The summed E-state index contributed by atoms with van der Waals surface area (Å²) in [6.45, 7) is 9.32. The van der Waals surface area contributed by atoms with Crippen LogP contribution in [0.3, 0.4) is 0 Å². The zero-order valence-corrected chi connectivity index (χ0v) is 22.8. The van der Waals surface area contributed by atoms with E-state index >= 15 is 0 Å². The van der Waals surface area contributed by atoms with E-state index in [-0.39, 0.29) is 28.9 Å². The number of unbranched alkanes of at least 4 members (excludes halogenated alkanes) is 6. The summed E-state index contributed by atoms with van der Waals surface area (Å²) >= 11 is 6.48. The SMILES string of the molecule is CCCCCCCCOC1CCC2(CC1c1nc3c(Cl)c(C)[nH]n3n1)NC(=O)C2(CC)CCCC. The van der Waals surface area contributed by atoms with E-state index in [2.05, 4.69) is 31.2 Å². The zero-order chi connectivity index (χ0) is 25.1. The van der Waals surface area contributed by atoms with E-state index in [4.69, 9.17) is 26.4 Å². The van der Waals surface area contributed by atoms with E-state index in [1.54, 1.807) is 4.63 Å². The number of rotatable bonds is 13. The lowest BCUT2D eigenvalue weighted by Crippen LogP contribution is -2.78. The largest absolute Gasteiger partial charge is 0.377 e. The fourth-order valence-electron chi connectivity index (χ4n) is 6.52. The van der Waals surface area contributed by atoms with Crippen LogP contribution in [0.2, 0.25) is 5.02 Å². The zero-order valence-electron chi connectivity index (χ0n) is 22.1. The van der Waals surface area contributed by atoms with Gasteiger partial charge in [0.2, 0.25) is 5.91 Å². The number of ether oxygens (including phenoxy) is 1. The third kappa shape index (κ3) is 4.87. The predicted octanol–water partition coefficient (Wildman–Crippen LogP) is 6.49. The number of nitrogens with one attached hydrogen (secondary N) is 2. The summed E-state index contributed by atoms with van der Waals surface area (Å²) < 4.78 is 8.19. The number of nitrogens with zero attached hydrogens (tertiary/aromatic N) is 3. The molecule has 7 nitrogen and oxygen atoms in total. The molecular weight excluding hydrogens is 462 g/mol. The number of amides is 1. The van der Waals surface area contributed by atoms with E-state index in [0.29, 0.717) is 10.7 Å². The summed E-state index contributed by atoms with van der Waals surface area (Å²) in [6.07, 6.45) is 14.2. The Bertz CT molecular complexity index is 1000. The highest BCUT2D eigenvalue weighted by Gasteiger charge is 2.66. The summed E-state index contributed by atoms with van der Waals surface area (Å²) in [5, 5.41) is 12.0. The molecule has 8 heteroatoms. The molecule has 2 fully saturated rings. The molecule has 4 rings (SSSR count). The Balaban J connectivity index is 1.53. The van der Waals surface area contributed by atoms with Crippen LogP contribution in [0.4, 0.5) is 0 Å². The van der Waals surface area contributed by atoms with Gasteiger partial charge in [-0.25, -0.2) is 4.98 Å². The van der Waals surface area contributed by atoms with Crippen LogP contribution in [0.1, 0.15) is 122 Å². The third-order valence-electron chi connectivity index (χ3n) is 8.72. The first-order valence-corrected chi connectivity index (χ1v) is 14.3. The highest BCUT2D eigenvalue weighted by atomic mass is 35.5. The van der Waals surface area contributed by atoms with Gasteiger partial charge in [-0.05, 0) is 45.4 Å². The maximum Gasteiger partial charge on any atom is 0.229 e. The van der Waals surface area contributed by atoms with E-state index in [0.717, 1.165) is 69.5 Å². The Morgan fingerprint density at radius 3 is 2.54 bits per heavy atom. The molecule has 0 radical (unpaired) electrons. The molecule has 1 spiro atoms. The summed E-state index contributed by atoms with van der Waals surface area (Å²) in [5.74, 6) is 1.02. The van der Waals surface area contributed by atoms with Crippen molar-refractivity contribution in [2.24, 2.45) is 5.41 Å². The minimum Gasteiger partial charge on any atom is -0.377 e. The lowest BCUT2D eigenvalue weighted by molar-refractivity contribution is -0.167. The summed E-state index contributed by atoms with van der Waals surface area (Å²) in [5.41, 5.74) is 1.04. The van der Waals surface area contributed by atoms with Gasteiger partial charge < -0.3 is 10.1 Å². The Morgan fingerprint density at radius 2 is 1.86 bits per heavy atom. The molecule has 2 aliphatic rings. The molecule has 1 amide bonds. The maximum absolute atomic E-state index is 13.0. The number of hydrogen-bond acceptors (Lipinski definition) is 4. The first kappa shape index (κ1) is 26.5. The molecule has 4 atom stereocenters. The summed E-state index contributed by atoms with van der Waals surface area (Å²) in [4.78, 5) is 17.8. The van der Waals surface area contributed by atoms with Gasteiger partial charge in [0, 0.05) is 12.5 Å². The summed E-state index contributed by atoms with van der Waals surface area (Å²) in [7, 11) is 0. The van der Waals surface area contributed by atoms with Gasteiger partial charge >= 0.3 is 0 Å². The first-order chi connectivity index (χ1) is 16.9. The predicted molar refractivity (Wildman–Crippen MR) is 140 cm³/mol. The van der Waals surface area contributed by atoms with Crippen molar-refractivity contribution in [3.63, 3.8) is 0 Å². The van der Waals surface area contributed by atoms with Crippen molar-refractivity contribution in [3.05, 3.63) is 16.5 Å². The van der Waals surface area contributed by atoms with Crippen molar-refractivity contribution >= 4 is 23.2 Å². The monoisotopic (exact) mass is 505 g/mol. The molecule has 4 unspecified atom stereocenters. The second kappa shape index (κ2) is 11.2. The Morgan fingerprint density at radius 1 is 1.11 bits per heavy atom. The van der Waals surface area contributed by atoms with Crippen molar-refractivity contribution in [2.75, 3.05) is 6.61 Å². The first-order valence-electron chi connectivity index (χ1n) is 14.0. The van der Waals surface area contributed by atoms with Gasteiger partial charge in [-0.3, -0.25) is 9.89 Å². The van der Waals surface area contributed by atoms with Crippen molar-refractivity contribution in [1.29, 1.82) is 0 Å². The number of aromatic nitrogens is 4.